The number of nitrogens with two attached hydrogens (primary N) is 1. The van der Waals surface area contributed by atoms with Crippen LogP contribution in [-0.4, -0.2) is 48.8 Å². The predicted molar refractivity (Wildman–Crippen MR) is 80.8 cm³/mol. The average molecular weight is 306 g/mol. The Morgan fingerprint density at radius 2 is 2.27 bits per heavy atom. The highest BCUT2D eigenvalue weighted by Crippen LogP contribution is 2.41. The molecule has 1 aromatic rings. The number of carbonyl (C=O) groups excluding carboxylic acids is 1. The van der Waals surface area contributed by atoms with E-state index in [-0.39, 0.29) is 30.4 Å². The van der Waals surface area contributed by atoms with Crippen molar-refractivity contribution in [3.63, 3.8) is 0 Å². The number of hydrogen-bond acceptors (Lipinski definition) is 6. The fourth-order valence-electron chi connectivity index (χ4n) is 3.50. The summed E-state index contributed by atoms with van der Waals surface area (Å²) < 4.78 is 10.6. The number of phenols is 1. The van der Waals surface area contributed by atoms with Gasteiger partial charge in [0, 0.05) is 25.6 Å². The second kappa shape index (κ2) is 6.14. The predicted octanol–water partition coefficient (Wildman–Crippen LogP) is 0.964. The number of fused-ring (bicyclic) bond motifs is 3. The van der Waals surface area contributed by atoms with Crippen molar-refractivity contribution in [1.82, 2.24) is 4.90 Å². The second-order valence-corrected chi connectivity index (χ2v) is 5.87. The molecule has 0 aliphatic carbocycles. The first kappa shape index (κ1) is 15.1. The Morgan fingerprint density at radius 1 is 1.45 bits per heavy atom. The van der Waals surface area contributed by atoms with Gasteiger partial charge in [-0.15, -0.1) is 0 Å². The number of hydrogen-bond donors (Lipinski definition) is 2. The van der Waals surface area contributed by atoms with Gasteiger partial charge in [0.2, 0.25) is 0 Å². The van der Waals surface area contributed by atoms with Crippen molar-refractivity contribution in [2.75, 3.05) is 26.7 Å². The molecule has 0 amide bonds. The molecule has 6 heteroatoms. The van der Waals surface area contributed by atoms with Gasteiger partial charge in [-0.2, -0.15) is 0 Å². The van der Waals surface area contributed by atoms with Crippen LogP contribution in [0, 0.1) is 0 Å². The third-order valence-electron chi connectivity index (χ3n) is 4.60. The summed E-state index contributed by atoms with van der Waals surface area (Å²) in [4.78, 5) is 13.8. The Balaban J connectivity index is 1.85. The number of piperidine rings is 1. The number of rotatable bonds is 3. The highest BCUT2D eigenvalue weighted by atomic mass is 16.5. The van der Waals surface area contributed by atoms with Crippen LogP contribution >= 0.6 is 0 Å². The van der Waals surface area contributed by atoms with Gasteiger partial charge in [-0.25, -0.2) is 0 Å². The first-order valence-corrected chi connectivity index (χ1v) is 7.65. The fourth-order valence-corrected chi connectivity index (χ4v) is 3.50. The molecule has 2 atom stereocenters. The standard InChI is InChI=1S/C16H22N2O4/c1-21-15-8-12-10(6-14(15)19)2-4-18-5-3-11(7-13(12)18)22-16(20)9-17/h6,8,11,13,19H,2-5,7,9,17H2,1H3. The molecule has 3 rings (SSSR count). The molecule has 2 aliphatic rings. The Morgan fingerprint density at radius 3 is 3.00 bits per heavy atom. The Kier molecular flexibility index (Phi) is 4.22. The van der Waals surface area contributed by atoms with E-state index in [1.807, 2.05) is 6.07 Å². The molecule has 0 aromatic heterocycles. The molecule has 2 aliphatic heterocycles. The lowest BCUT2D eigenvalue weighted by Crippen LogP contribution is -2.44. The summed E-state index contributed by atoms with van der Waals surface area (Å²) >= 11 is 0. The molecule has 1 saturated heterocycles. The number of aromatic hydroxyl groups is 1. The van der Waals surface area contributed by atoms with Crippen molar-refractivity contribution in [2.45, 2.75) is 31.4 Å². The summed E-state index contributed by atoms with van der Waals surface area (Å²) in [6, 6.07) is 3.90. The molecule has 2 unspecified atom stereocenters. The topological polar surface area (TPSA) is 85.0 Å². The van der Waals surface area contributed by atoms with Crippen molar-refractivity contribution in [2.24, 2.45) is 5.73 Å². The van der Waals surface area contributed by atoms with Gasteiger partial charge < -0.3 is 20.3 Å². The largest absolute Gasteiger partial charge is 0.504 e. The van der Waals surface area contributed by atoms with E-state index in [9.17, 15) is 9.90 Å². The van der Waals surface area contributed by atoms with Crippen molar-refractivity contribution >= 4 is 5.97 Å². The molecule has 2 heterocycles. The summed E-state index contributed by atoms with van der Waals surface area (Å²) in [5.74, 6) is 0.316. The van der Waals surface area contributed by atoms with Gasteiger partial charge in [-0.05, 0) is 36.1 Å². The minimum atomic E-state index is -0.349. The van der Waals surface area contributed by atoms with E-state index in [4.69, 9.17) is 15.2 Å². The number of methoxy groups -OCH3 is 1. The van der Waals surface area contributed by atoms with E-state index in [0.29, 0.717) is 5.75 Å². The summed E-state index contributed by atoms with van der Waals surface area (Å²) in [7, 11) is 1.55. The van der Waals surface area contributed by atoms with Gasteiger partial charge in [0.05, 0.1) is 13.7 Å². The third kappa shape index (κ3) is 2.76. The van der Waals surface area contributed by atoms with E-state index < -0.39 is 0 Å². The van der Waals surface area contributed by atoms with Crippen LogP contribution in [0.5, 0.6) is 11.5 Å². The monoisotopic (exact) mass is 306 g/mol. The van der Waals surface area contributed by atoms with Gasteiger partial charge in [0.15, 0.2) is 11.5 Å². The van der Waals surface area contributed by atoms with E-state index in [2.05, 4.69) is 4.90 Å². The molecular weight excluding hydrogens is 284 g/mol. The van der Waals surface area contributed by atoms with Gasteiger partial charge >= 0.3 is 5.97 Å². The summed E-state index contributed by atoms with van der Waals surface area (Å²) in [6.07, 6.45) is 2.42. The Bertz CT molecular complexity index is 576. The van der Waals surface area contributed by atoms with Gasteiger partial charge in [0.1, 0.15) is 6.10 Å². The van der Waals surface area contributed by atoms with Crippen LogP contribution in [0.3, 0.4) is 0 Å². The maximum Gasteiger partial charge on any atom is 0.319 e. The second-order valence-electron chi connectivity index (χ2n) is 5.87. The zero-order valence-electron chi connectivity index (χ0n) is 12.7. The van der Waals surface area contributed by atoms with E-state index in [1.165, 1.54) is 0 Å². The van der Waals surface area contributed by atoms with Crippen LogP contribution in [0.4, 0.5) is 0 Å². The van der Waals surface area contributed by atoms with Crippen LogP contribution in [0.2, 0.25) is 0 Å². The SMILES string of the molecule is COc1cc2c(cc1O)CCN1CCC(OC(=O)CN)CC21. The molecule has 0 radical (unpaired) electrons. The summed E-state index contributed by atoms with van der Waals surface area (Å²) in [6.45, 7) is 1.78. The molecule has 22 heavy (non-hydrogen) atoms. The Hall–Kier alpha value is -1.79. The maximum atomic E-state index is 11.4. The molecule has 1 fully saturated rings. The highest BCUT2D eigenvalue weighted by Gasteiger charge is 2.35. The van der Waals surface area contributed by atoms with Crippen molar-refractivity contribution in [1.29, 1.82) is 0 Å². The number of carbonyl (C=O) groups is 1. The number of nitrogens with zero attached hydrogens (tertiary/aromatic N) is 1. The van der Waals surface area contributed by atoms with Gasteiger partial charge in [-0.1, -0.05) is 0 Å². The molecule has 0 spiro atoms. The average Bonchev–Trinajstić information content (AvgIpc) is 2.53. The zero-order valence-corrected chi connectivity index (χ0v) is 12.7. The fraction of sp³-hybridized carbons (Fsp3) is 0.562. The van der Waals surface area contributed by atoms with Crippen LogP contribution in [-0.2, 0) is 16.0 Å². The zero-order chi connectivity index (χ0) is 15.7. The van der Waals surface area contributed by atoms with Crippen LogP contribution < -0.4 is 10.5 Å². The van der Waals surface area contributed by atoms with Crippen molar-refractivity contribution in [3.8, 4) is 11.5 Å². The molecule has 3 N–H and O–H groups in total. The quantitative estimate of drug-likeness (QED) is 0.809. The maximum absolute atomic E-state index is 11.4. The molecule has 0 bridgehead atoms. The summed E-state index contributed by atoms with van der Waals surface area (Å²) in [5, 5.41) is 9.94. The van der Waals surface area contributed by atoms with Crippen LogP contribution in [0.25, 0.3) is 0 Å². The molecule has 1 aromatic carbocycles. The van der Waals surface area contributed by atoms with Crippen LogP contribution in [0.1, 0.15) is 30.0 Å². The lowest BCUT2D eigenvalue weighted by molar-refractivity contribution is -0.150. The highest BCUT2D eigenvalue weighted by molar-refractivity contribution is 5.71. The number of ether oxygens (including phenoxy) is 2. The minimum Gasteiger partial charge on any atom is -0.504 e. The van der Waals surface area contributed by atoms with Gasteiger partial charge in [0.25, 0.3) is 0 Å². The van der Waals surface area contributed by atoms with Crippen molar-refractivity contribution < 1.29 is 19.4 Å². The first-order chi connectivity index (χ1) is 10.6. The lowest BCUT2D eigenvalue weighted by atomic mass is 9.85. The normalized spacial score (nSPS) is 24.3. The van der Waals surface area contributed by atoms with E-state index >= 15 is 0 Å². The van der Waals surface area contributed by atoms with Gasteiger partial charge in [-0.3, -0.25) is 9.69 Å². The number of phenolic OH excluding ortho intramolecular Hbond substituents is 1. The first-order valence-electron chi connectivity index (χ1n) is 7.65. The molecule has 0 saturated carbocycles. The summed E-state index contributed by atoms with van der Waals surface area (Å²) in [5.41, 5.74) is 7.63. The minimum absolute atomic E-state index is 0.0802. The molecule has 6 nitrogen and oxygen atoms in total. The van der Waals surface area contributed by atoms with Crippen molar-refractivity contribution in [3.05, 3.63) is 23.3 Å². The van der Waals surface area contributed by atoms with Crippen LogP contribution in [0.15, 0.2) is 12.1 Å². The number of benzene rings is 1. The van der Waals surface area contributed by atoms with E-state index in [1.54, 1.807) is 13.2 Å². The smallest absolute Gasteiger partial charge is 0.319 e. The Labute approximate surface area is 129 Å². The number of esters is 1. The molecule has 120 valence electrons. The third-order valence-corrected chi connectivity index (χ3v) is 4.60. The van der Waals surface area contributed by atoms with E-state index in [0.717, 1.165) is 43.5 Å². The lowest BCUT2D eigenvalue weighted by Gasteiger charge is -2.43. The molecular formula is C16H22N2O4.